The molecule has 3 nitrogen and oxygen atoms in total. The van der Waals surface area contributed by atoms with E-state index >= 15 is 0 Å². The summed E-state index contributed by atoms with van der Waals surface area (Å²) < 4.78 is 0. The molecule has 2 N–H and O–H groups in total. The lowest BCUT2D eigenvalue weighted by atomic mass is 10.1. The van der Waals surface area contributed by atoms with Gasteiger partial charge in [-0.2, -0.15) is 5.53 Å². The van der Waals surface area contributed by atoms with Crippen LogP contribution < -0.4 is 5.53 Å². The second-order valence-electron chi connectivity index (χ2n) is 6.63. The van der Waals surface area contributed by atoms with Gasteiger partial charge in [0.2, 0.25) is 0 Å². The minimum absolute atomic E-state index is 0.635. The number of allylic oxidation sites excluding steroid dienone is 4. The number of benzene rings is 2. The molecule has 0 radical (unpaired) electrons. The number of rotatable bonds is 8. The molecular weight excluding hydrogens is 342 g/mol. The second-order valence-corrected chi connectivity index (χ2v) is 6.63. The fraction of sp³-hybridized carbons (Fsp3) is 0.240. The fourth-order valence-corrected chi connectivity index (χ4v) is 2.91. The summed E-state index contributed by atoms with van der Waals surface area (Å²) in [6.45, 7) is 10.4. The maximum atomic E-state index is 5.53. The Kier molecular flexibility index (Phi) is 8.20. The van der Waals surface area contributed by atoms with Gasteiger partial charge in [0.25, 0.3) is 0 Å². The lowest BCUT2D eigenvalue weighted by Crippen LogP contribution is -2.23. The van der Waals surface area contributed by atoms with Gasteiger partial charge in [0, 0.05) is 24.4 Å². The van der Waals surface area contributed by atoms with Crippen LogP contribution in [0.25, 0.3) is 11.4 Å². The first-order chi connectivity index (χ1) is 13.6. The fourth-order valence-electron chi connectivity index (χ4n) is 2.91. The molecular formula is C25H30N3+. The third-order valence-electron chi connectivity index (χ3n) is 4.59. The van der Waals surface area contributed by atoms with E-state index in [4.69, 9.17) is 5.53 Å². The van der Waals surface area contributed by atoms with Gasteiger partial charge in [-0.1, -0.05) is 77.5 Å². The van der Waals surface area contributed by atoms with Crippen LogP contribution in [0.1, 0.15) is 36.1 Å². The lowest BCUT2D eigenvalue weighted by molar-refractivity contribution is -0.209. The van der Waals surface area contributed by atoms with Gasteiger partial charge in [-0.3, -0.25) is 0 Å². The normalized spacial score (nSPS) is 11.2. The van der Waals surface area contributed by atoms with Crippen molar-refractivity contribution >= 4 is 11.4 Å². The van der Waals surface area contributed by atoms with Crippen molar-refractivity contribution in [3.05, 3.63) is 101 Å². The van der Waals surface area contributed by atoms with Gasteiger partial charge in [-0.25, -0.2) is 0 Å². The predicted molar refractivity (Wildman–Crippen MR) is 118 cm³/mol. The van der Waals surface area contributed by atoms with E-state index < -0.39 is 0 Å². The van der Waals surface area contributed by atoms with Crippen molar-refractivity contribution in [2.45, 2.75) is 27.7 Å². The number of hydrogen-bond acceptors (Lipinski definition) is 2. The largest absolute Gasteiger partial charge is 0.372 e. The molecule has 28 heavy (non-hydrogen) atoms. The summed E-state index contributed by atoms with van der Waals surface area (Å²) >= 11 is 0. The molecule has 0 aliphatic heterocycles. The molecule has 0 fully saturated rings. The number of aryl methyl sites for hydroxylation is 2. The zero-order valence-corrected chi connectivity index (χ0v) is 17.3. The van der Waals surface area contributed by atoms with Crippen molar-refractivity contribution in [1.29, 1.82) is 0 Å². The quantitative estimate of drug-likeness (QED) is 0.398. The molecule has 0 aliphatic carbocycles. The standard InChI is InChI=1S/C25H29N3/c1-5-28(6-2)25(23-18-14-21(4)15-19-23)11-9-7-8-10-24(27-26)22-16-12-20(3)13-17-22/h7-9,11-19,26H,5-6H2,1-4H3/p+1/b9-7+,25-11-,27-26?. The molecule has 0 atom stereocenters. The van der Waals surface area contributed by atoms with E-state index in [2.05, 4.69) is 73.8 Å². The van der Waals surface area contributed by atoms with Crippen LogP contribution in [0.5, 0.6) is 0 Å². The van der Waals surface area contributed by atoms with Crippen LogP contribution in [0, 0.1) is 13.8 Å². The van der Waals surface area contributed by atoms with Gasteiger partial charge in [0.1, 0.15) is 0 Å². The second kappa shape index (κ2) is 10.9. The van der Waals surface area contributed by atoms with Gasteiger partial charge in [0.05, 0.1) is 0 Å². The summed E-state index contributed by atoms with van der Waals surface area (Å²) in [7, 11) is 0. The molecule has 144 valence electrons. The van der Waals surface area contributed by atoms with E-state index in [0.717, 1.165) is 18.7 Å². The minimum atomic E-state index is 0.635. The average molecular weight is 373 g/mol. The Morgan fingerprint density at radius 3 is 1.93 bits per heavy atom. The predicted octanol–water partition coefficient (Wildman–Crippen LogP) is 4.95. The maximum absolute atomic E-state index is 5.53. The van der Waals surface area contributed by atoms with Crippen LogP contribution in [-0.4, -0.2) is 18.0 Å². The van der Waals surface area contributed by atoms with Crippen LogP contribution in [0.15, 0.2) is 83.7 Å². The number of hydrogen-bond donors (Lipinski definition) is 1. The summed E-state index contributed by atoms with van der Waals surface area (Å²) in [5, 5.41) is 3.85. The van der Waals surface area contributed by atoms with E-state index in [0.29, 0.717) is 5.70 Å². The summed E-state index contributed by atoms with van der Waals surface area (Å²) in [5.74, 6) is 0. The molecule has 0 bridgehead atoms. The molecule has 0 amide bonds. The topological polar surface area (TPSA) is 41.2 Å². The Bertz CT molecular complexity index is 890. The molecule has 0 aliphatic rings. The van der Waals surface area contributed by atoms with Gasteiger partial charge >= 0.3 is 0 Å². The molecule has 0 unspecified atom stereocenters. The highest BCUT2D eigenvalue weighted by atomic mass is 15.1. The monoisotopic (exact) mass is 372 g/mol. The Morgan fingerprint density at radius 2 is 1.43 bits per heavy atom. The molecule has 2 rings (SSSR count). The molecule has 0 aromatic heterocycles. The molecule has 0 spiro atoms. The van der Waals surface area contributed by atoms with E-state index in [1.807, 2.05) is 42.5 Å². The first-order valence-electron chi connectivity index (χ1n) is 9.72. The van der Waals surface area contributed by atoms with Gasteiger partial charge < -0.3 is 4.90 Å². The van der Waals surface area contributed by atoms with Crippen molar-refractivity contribution in [2.75, 3.05) is 13.1 Å². The third kappa shape index (κ3) is 5.94. The van der Waals surface area contributed by atoms with Crippen LogP contribution in [0.3, 0.4) is 0 Å². The zero-order valence-electron chi connectivity index (χ0n) is 17.3. The first kappa shape index (κ1) is 21.1. The van der Waals surface area contributed by atoms with Crippen molar-refractivity contribution in [1.82, 2.24) is 4.90 Å². The molecule has 3 heteroatoms. The average Bonchev–Trinajstić information content (AvgIpc) is 2.71. The SMILES string of the molecule is CCN(CC)/C(=C\C=C\C=C=C(N=[NH2+])c1ccc(C)cc1)c1ccc(C)cc1. The highest BCUT2D eigenvalue weighted by molar-refractivity contribution is 5.66. The Hall–Kier alpha value is -3.16. The van der Waals surface area contributed by atoms with Crippen molar-refractivity contribution in [3.8, 4) is 0 Å². The van der Waals surface area contributed by atoms with E-state index in [-0.39, 0.29) is 0 Å². The number of nitrogens with zero attached hydrogens (tertiary/aromatic N) is 2. The number of nitrogens with two attached hydrogens (primary N) is 1. The Morgan fingerprint density at radius 1 is 0.893 bits per heavy atom. The minimum Gasteiger partial charge on any atom is -0.372 e. The Labute approximate surface area is 168 Å². The van der Waals surface area contributed by atoms with E-state index in [1.165, 1.54) is 22.4 Å². The summed E-state index contributed by atoms with van der Waals surface area (Å²) in [4.78, 5) is 2.35. The third-order valence-corrected chi connectivity index (χ3v) is 4.59. The maximum Gasteiger partial charge on any atom is 0.179 e. The molecule has 0 heterocycles. The van der Waals surface area contributed by atoms with Gasteiger partial charge in [-0.05, 0) is 50.5 Å². The first-order valence-corrected chi connectivity index (χ1v) is 9.72. The Balaban J connectivity index is 2.28. The summed E-state index contributed by atoms with van der Waals surface area (Å²) in [6, 6.07) is 16.7. The highest BCUT2D eigenvalue weighted by Crippen LogP contribution is 2.20. The molecule has 2 aromatic carbocycles. The van der Waals surface area contributed by atoms with E-state index in [9.17, 15) is 0 Å². The van der Waals surface area contributed by atoms with E-state index in [1.54, 1.807) is 0 Å². The smallest absolute Gasteiger partial charge is 0.179 e. The molecule has 0 saturated carbocycles. The van der Waals surface area contributed by atoms with Crippen molar-refractivity contribution in [3.63, 3.8) is 0 Å². The van der Waals surface area contributed by atoms with Crippen LogP contribution >= 0.6 is 0 Å². The lowest BCUT2D eigenvalue weighted by Gasteiger charge is -2.24. The zero-order chi connectivity index (χ0) is 20.4. The molecule has 2 aromatic rings. The van der Waals surface area contributed by atoms with Crippen molar-refractivity contribution < 1.29 is 5.53 Å². The van der Waals surface area contributed by atoms with Crippen molar-refractivity contribution in [2.24, 2.45) is 5.11 Å². The summed E-state index contributed by atoms with van der Waals surface area (Å²) in [5.41, 5.74) is 15.2. The van der Waals surface area contributed by atoms with Gasteiger partial charge in [-0.15, -0.1) is 0 Å². The van der Waals surface area contributed by atoms with Crippen LogP contribution in [0.2, 0.25) is 0 Å². The van der Waals surface area contributed by atoms with Crippen LogP contribution in [-0.2, 0) is 0 Å². The summed E-state index contributed by atoms with van der Waals surface area (Å²) in [6.07, 6.45) is 7.97. The van der Waals surface area contributed by atoms with Gasteiger partial charge in [0.15, 0.2) is 5.70 Å². The van der Waals surface area contributed by atoms with Crippen LogP contribution in [0.4, 0.5) is 0 Å². The molecule has 0 saturated heterocycles. The highest BCUT2D eigenvalue weighted by Gasteiger charge is 2.07.